The summed E-state index contributed by atoms with van der Waals surface area (Å²) in [6, 6.07) is 7.65. The van der Waals surface area contributed by atoms with Crippen LogP contribution in [0.25, 0.3) is 0 Å². The number of amides is 1. The molecule has 0 aliphatic carbocycles. The lowest BCUT2D eigenvalue weighted by molar-refractivity contribution is 0.0636. The normalized spacial score (nSPS) is 12.9. The number of carbonyl (C=O) groups is 1. The summed E-state index contributed by atoms with van der Waals surface area (Å²) < 4.78 is 5.22. The molecule has 18 heavy (non-hydrogen) atoms. The Labute approximate surface area is 109 Å². The molecule has 0 radical (unpaired) electrons. The highest BCUT2D eigenvalue weighted by molar-refractivity contribution is 5.85. The second-order valence-electron chi connectivity index (χ2n) is 5.47. The second kappa shape index (κ2) is 5.87. The van der Waals surface area contributed by atoms with Crippen LogP contribution in [-0.2, 0) is 11.2 Å². The maximum Gasteiger partial charge on any atom is 0.412 e. The number of hydrogen-bond acceptors (Lipinski definition) is 3. The first-order valence-electron chi connectivity index (χ1n) is 6.11. The molecule has 1 aromatic carbocycles. The fraction of sp³-hybridized carbons (Fsp3) is 0.500. The molecule has 0 saturated carbocycles. The zero-order valence-electron chi connectivity index (χ0n) is 11.5. The van der Waals surface area contributed by atoms with Crippen molar-refractivity contribution in [2.75, 3.05) is 5.32 Å². The third-order valence-electron chi connectivity index (χ3n) is 2.19. The Balaban J connectivity index is 2.75. The standard InChI is InChI=1S/C14H22N2O2/c1-10(15)9-11-7-5-6-8-12(11)16-13(17)18-14(2,3)4/h5-8,10H,9,15H2,1-4H3,(H,16,17)/t10-/m0/s1. The van der Waals surface area contributed by atoms with Gasteiger partial charge in [-0.3, -0.25) is 5.32 Å². The molecule has 1 amide bonds. The third-order valence-corrected chi connectivity index (χ3v) is 2.19. The van der Waals surface area contributed by atoms with E-state index < -0.39 is 11.7 Å². The molecule has 4 heteroatoms. The van der Waals surface area contributed by atoms with Crippen LogP contribution < -0.4 is 11.1 Å². The number of rotatable bonds is 3. The number of carbonyl (C=O) groups excluding carboxylic acids is 1. The van der Waals surface area contributed by atoms with Gasteiger partial charge < -0.3 is 10.5 Å². The molecule has 1 rings (SSSR count). The van der Waals surface area contributed by atoms with Gasteiger partial charge in [-0.2, -0.15) is 0 Å². The maximum atomic E-state index is 11.7. The Morgan fingerprint density at radius 1 is 1.39 bits per heavy atom. The van der Waals surface area contributed by atoms with Crippen molar-refractivity contribution in [1.82, 2.24) is 0 Å². The van der Waals surface area contributed by atoms with E-state index in [4.69, 9.17) is 10.5 Å². The summed E-state index contributed by atoms with van der Waals surface area (Å²) in [7, 11) is 0. The number of benzene rings is 1. The van der Waals surface area contributed by atoms with Crippen molar-refractivity contribution in [2.24, 2.45) is 5.73 Å². The number of nitrogens with one attached hydrogen (secondary N) is 1. The molecule has 0 saturated heterocycles. The van der Waals surface area contributed by atoms with E-state index >= 15 is 0 Å². The fourth-order valence-corrected chi connectivity index (χ4v) is 1.58. The van der Waals surface area contributed by atoms with Crippen molar-refractivity contribution in [3.63, 3.8) is 0 Å². The molecule has 0 aliphatic rings. The van der Waals surface area contributed by atoms with E-state index in [1.165, 1.54) is 0 Å². The van der Waals surface area contributed by atoms with Gasteiger partial charge in [-0.1, -0.05) is 18.2 Å². The van der Waals surface area contributed by atoms with Crippen molar-refractivity contribution in [1.29, 1.82) is 0 Å². The Hall–Kier alpha value is -1.55. The first-order chi connectivity index (χ1) is 8.28. The van der Waals surface area contributed by atoms with Crippen molar-refractivity contribution in [3.05, 3.63) is 29.8 Å². The number of hydrogen-bond donors (Lipinski definition) is 2. The molecule has 0 unspecified atom stereocenters. The van der Waals surface area contributed by atoms with Crippen LogP contribution in [0.15, 0.2) is 24.3 Å². The van der Waals surface area contributed by atoms with Crippen molar-refractivity contribution < 1.29 is 9.53 Å². The Bertz CT molecular complexity index is 409. The van der Waals surface area contributed by atoms with Crippen LogP contribution in [-0.4, -0.2) is 17.7 Å². The Kier molecular flexibility index (Phi) is 4.73. The largest absolute Gasteiger partial charge is 0.444 e. The average molecular weight is 250 g/mol. The topological polar surface area (TPSA) is 64.3 Å². The smallest absolute Gasteiger partial charge is 0.412 e. The van der Waals surface area contributed by atoms with Gasteiger partial charge >= 0.3 is 6.09 Å². The van der Waals surface area contributed by atoms with E-state index in [0.717, 1.165) is 11.3 Å². The quantitative estimate of drug-likeness (QED) is 0.867. The molecular formula is C14H22N2O2. The molecule has 0 aliphatic heterocycles. The first-order valence-corrected chi connectivity index (χ1v) is 6.11. The molecule has 100 valence electrons. The lowest BCUT2D eigenvalue weighted by Gasteiger charge is -2.20. The molecule has 0 aromatic heterocycles. The summed E-state index contributed by atoms with van der Waals surface area (Å²) in [5.41, 5.74) is 7.05. The van der Waals surface area contributed by atoms with E-state index in [1.54, 1.807) is 0 Å². The lowest BCUT2D eigenvalue weighted by atomic mass is 10.1. The predicted molar refractivity (Wildman–Crippen MR) is 73.7 cm³/mol. The lowest BCUT2D eigenvalue weighted by Crippen LogP contribution is -2.28. The van der Waals surface area contributed by atoms with Gasteiger partial charge in [0.05, 0.1) is 0 Å². The van der Waals surface area contributed by atoms with Gasteiger partial charge in [-0.25, -0.2) is 4.79 Å². The minimum absolute atomic E-state index is 0.0478. The van der Waals surface area contributed by atoms with Crippen LogP contribution in [0, 0.1) is 0 Å². The number of ether oxygens (including phenoxy) is 1. The van der Waals surface area contributed by atoms with Gasteiger partial charge in [0.25, 0.3) is 0 Å². The minimum Gasteiger partial charge on any atom is -0.444 e. The molecule has 0 bridgehead atoms. The molecule has 3 N–H and O–H groups in total. The molecule has 0 heterocycles. The Morgan fingerprint density at radius 2 is 2.00 bits per heavy atom. The van der Waals surface area contributed by atoms with Crippen LogP contribution in [0.3, 0.4) is 0 Å². The summed E-state index contributed by atoms with van der Waals surface area (Å²) in [6.45, 7) is 7.44. The zero-order valence-corrected chi connectivity index (χ0v) is 11.5. The van der Waals surface area contributed by atoms with E-state index in [2.05, 4.69) is 5.32 Å². The number of anilines is 1. The number of nitrogens with two attached hydrogens (primary N) is 1. The Morgan fingerprint density at radius 3 is 2.56 bits per heavy atom. The van der Waals surface area contributed by atoms with Crippen LogP contribution in [0.5, 0.6) is 0 Å². The molecular weight excluding hydrogens is 228 g/mol. The van der Waals surface area contributed by atoms with Gasteiger partial charge in [-0.05, 0) is 45.7 Å². The molecule has 0 spiro atoms. The average Bonchev–Trinajstić information content (AvgIpc) is 2.17. The summed E-state index contributed by atoms with van der Waals surface area (Å²) in [5.74, 6) is 0. The highest BCUT2D eigenvalue weighted by atomic mass is 16.6. The minimum atomic E-state index is -0.500. The highest BCUT2D eigenvalue weighted by Crippen LogP contribution is 2.18. The van der Waals surface area contributed by atoms with Crippen molar-refractivity contribution in [3.8, 4) is 0 Å². The monoisotopic (exact) mass is 250 g/mol. The van der Waals surface area contributed by atoms with Gasteiger partial charge in [0.1, 0.15) is 5.60 Å². The van der Waals surface area contributed by atoms with E-state index in [9.17, 15) is 4.79 Å². The van der Waals surface area contributed by atoms with Crippen LogP contribution in [0.2, 0.25) is 0 Å². The van der Waals surface area contributed by atoms with Gasteiger partial charge in [0.2, 0.25) is 0 Å². The van der Waals surface area contributed by atoms with Crippen molar-refractivity contribution in [2.45, 2.75) is 45.8 Å². The van der Waals surface area contributed by atoms with Crippen LogP contribution >= 0.6 is 0 Å². The van der Waals surface area contributed by atoms with E-state index in [1.807, 2.05) is 52.0 Å². The predicted octanol–water partition coefficient (Wildman–Crippen LogP) is 2.92. The fourth-order valence-electron chi connectivity index (χ4n) is 1.58. The molecule has 4 nitrogen and oxygen atoms in total. The highest BCUT2D eigenvalue weighted by Gasteiger charge is 2.17. The summed E-state index contributed by atoms with van der Waals surface area (Å²) in [5, 5.41) is 2.76. The zero-order chi connectivity index (χ0) is 13.8. The van der Waals surface area contributed by atoms with Gasteiger partial charge in [0, 0.05) is 11.7 Å². The summed E-state index contributed by atoms with van der Waals surface area (Å²) in [6.07, 6.45) is 0.269. The summed E-state index contributed by atoms with van der Waals surface area (Å²) in [4.78, 5) is 11.7. The third kappa shape index (κ3) is 5.19. The van der Waals surface area contributed by atoms with Crippen LogP contribution in [0.4, 0.5) is 10.5 Å². The first kappa shape index (κ1) is 14.5. The molecule has 0 fully saturated rings. The number of para-hydroxylation sites is 1. The van der Waals surface area contributed by atoms with Crippen LogP contribution in [0.1, 0.15) is 33.3 Å². The van der Waals surface area contributed by atoms with Gasteiger partial charge in [-0.15, -0.1) is 0 Å². The second-order valence-corrected chi connectivity index (χ2v) is 5.47. The maximum absolute atomic E-state index is 11.7. The molecule has 1 aromatic rings. The van der Waals surface area contributed by atoms with E-state index in [0.29, 0.717) is 6.42 Å². The van der Waals surface area contributed by atoms with E-state index in [-0.39, 0.29) is 6.04 Å². The molecule has 1 atom stereocenters. The van der Waals surface area contributed by atoms with Crippen molar-refractivity contribution >= 4 is 11.8 Å². The summed E-state index contributed by atoms with van der Waals surface area (Å²) >= 11 is 0. The SMILES string of the molecule is C[C@H](N)Cc1ccccc1NC(=O)OC(C)(C)C. The van der Waals surface area contributed by atoms with Gasteiger partial charge in [0.15, 0.2) is 0 Å².